The molecule has 0 aromatic heterocycles. The summed E-state index contributed by atoms with van der Waals surface area (Å²) in [4.78, 5) is 26.9. The number of hydrogen-bond donors (Lipinski definition) is 8. The Morgan fingerprint density at radius 2 is 1.09 bits per heavy atom. The van der Waals surface area contributed by atoms with Gasteiger partial charge in [0.1, 0.15) is 78.0 Å². The van der Waals surface area contributed by atoms with Gasteiger partial charge in [-0.25, -0.2) is 4.79 Å². The quantitative estimate of drug-likeness (QED) is 0.0528. The minimum atomic E-state index is -1.78. The molecule has 1 aromatic rings. The molecule has 0 bridgehead atoms. The highest BCUT2D eigenvalue weighted by Crippen LogP contribution is 2.70. The van der Waals surface area contributed by atoms with Crippen LogP contribution in [0.25, 0.3) is 6.08 Å². The molecule has 4 aliphatic carbocycles. The Hall–Kier alpha value is -3.08. The second-order valence-electron chi connectivity index (χ2n) is 28.8. The van der Waals surface area contributed by atoms with Gasteiger partial charge in [0.05, 0.1) is 73.8 Å². The molecule has 3 saturated carbocycles. The largest absolute Gasteiger partial charge is 0.458 e. The van der Waals surface area contributed by atoms with Crippen LogP contribution in [0.5, 0.6) is 0 Å². The highest BCUT2D eigenvalue weighted by atomic mass is 16.8. The fourth-order valence-corrected chi connectivity index (χ4v) is 17.8. The van der Waals surface area contributed by atoms with Crippen LogP contribution in [0, 0.1) is 22.7 Å². The molecular formula is C69H104O26. The molecule has 6 saturated heterocycles. The van der Waals surface area contributed by atoms with Crippen LogP contribution in [0.15, 0.2) is 48.1 Å². The van der Waals surface area contributed by atoms with Crippen LogP contribution in [-0.4, -0.2) is 258 Å². The lowest BCUT2D eigenvalue weighted by Gasteiger charge is -2.66. The second-order valence-corrected chi connectivity index (χ2v) is 28.8. The Balaban J connectivity index is 0.648. The van der Waals surface area contributed by atoms with Gasteiger partial charge in [-0.1, -0.05) is 55.8 Å². The third-order valence-electron chi connectivity index (χ3n) is 23.2. The van der Waals surface area contributed by atoms with Crippen molar-refractivity contribution in [3.05, 3.63) is 53.6 Å². The smallest absolute Gasteiger partial charge is 0.331 e. The van der Waals surface area contributed by atoms with Crippen LogP contribution in [0.1, 0.15) is 138 Å². The van der Waals surface area contributed by atoms with Gasteiger partial charge in [0.2, 0.25) is 0 Å². The summed E-state index contributed by atoms with van der Waals surface area (Å²) in [6, 6.07) is 9.30. The normalized spacial score (nSPS) is 49.5. The van der Waals surface area contributed by atoms with E-state index in [1.54, 1.807) is 47.8 Å². The van der Waals surface area contributed by atoms with E-state index in [1.165, 1.54) is 27.2 Å². The van der Waals surface area contributed by atoms with Crippen molar-refractivity contribution in [2.75, 3.05) is 27.9 Å². The van der Waals surface area contributed by atoms with E-state index in [4.69, 9.17) is 75.8 Å². The Morgan fingerprint density at radius 1 is 0.589 bits per heavy atom. The number of aliphatic hydroxyl groups excluding tert-OH is 6. The summed E-state index contributed by atoms with van der Waals surface area (Å²) >= 11 is 0. The topological polar surface area (TPSA) is 344 Å². The first-order valence-corrected chi connectivity index (χ1v) is 34.2. The zero-order valence-electron chi connectivity index (χ0n) is 56.5. The van der Waals surface area contributed by atoms with Crippen LogP contribution >= 0.6 is 0 Å². The Morgan fingerprint density at radius 3 is 1.62 bits per heavy atom. The molecule has 536 valence electrons. The number of benzene rings is 1. The molecule has 11 rings (SSSR count). The predicted molar refractivity (Wildman–Crippen MR) is 332 cm³/mol. The van der Waals surface area contributed by atoms with Gasteiger partial charge in [0.25, 0.3) is 0 Å². The molecule has 0 amide bonds. The molecule has 26 nitrogen and oxygen atoms in total. The van der Waals surface area contributed by atoms with Crippen LogP contribution in [0.2, 0.25) is 0 Å². The van der Waals surface area contributed by atoms with Crippen LogP contribution in [0.3, 0.4) is 0 Å². The van der Waals surface area contributed by atoms with Gasteiger partial charge in [-0.15, -0.1) is 0 Å². The van der Waals surface area contributed by atoms with Crippen LogP contribution in [-0.2, 0) is 85.4 Å². The number of fused-ring (bicyclic) bond motifs is 5. The number of aliphatic hydroxyl groups is 8. The summed E-state index contributed by atoms with van der Waals surface area (Å²) in [6.45, 7) is 13.6. The fraction of sp³-hybridized carbons (Fsp3) is 0.826. The number of hydrogen-bond acceptors (Lipinski definition) is 26. The van der Waals surface area contributed by atoms with Gasteiger partial charge in [0.15, 0.2) is 37.7 Å². The number of methoxy groups -OCH3 is 3. The van der Waals surface area contributed by atoms with Gasteiger partial charge < -0.3 is 117 Å². The van der Waals surface area contributed by atoms with Crippen molar-refractivity contribution in [3.8, 4) is 0 Å². The molecule has 1 aromatic carbocycles. The Kier molecular flexibility index (Phi) is 23.0. The molecule has 26 heteroatoms. The van der Waals surface area contributed by atoms with E-state index in [0.717, 1.165) is 11.1 Å². The van der Waals surface area contributed by atoms with E-state index in [2.05, 4.69) is 0 Å². The SMILES string of the molecule is CO[C@H]1C[C@H](O[C@H]2[C@@H](OC)C[C@H](O[C@H]3[C@H](O)C[C@H](O[C@H]4[C@@H](O)C[C@H](O[C@H]5[C@@H](OC)C[C@H](O[C@H]6[C@H](O)[C@@H](O)[C@H](O[C@H]7CC[C@@]8(C)C(=CC[C@]9(O)[C@@H]8C[C@@H](OC(=O)/C=C/c8ccccc8)[C@]8(C)[C@H](C(C)=O)CC[C@@]89O)C7)O[C@@H]6CO)O[C@@H]5C)O[C@@H]4C)O[C@@H]3C)O[C@@H]2C)O[C@H](C)[C@H]1O. The molecule has 0 spiro atoms. The van der Waals surface area contributed by atoms with Gasteiger partial charge >= 0.3 is 5.97 Å². The van der Waals surface area contributed by atoms with Crippen molar-refractivity contribution in [2.24, 2.45) is 22.7 Å². The molecule has 95 heavy (non-hydrogen) atoms. The van der Waals surface area contributed by atoms with Crippen molar-refractivity contribution in [1.29, 1.82) is 0 Å². The van der Waals surface area contributed by atoms with Gasteiger partial charge in [-0.2, -0.15) is 0 Å². The van der Waals surface area contributed by atoms with Crippen LogP contribution < -0.4 is 0 Å². The Labute approximate surface area is 555 Å². The van der Waals surface area contributed by atoms with Crippen molar-refractivity contribution >= 4 is 17.8 Å². The summed E-state index contributed by atoms with van der Waals surface area (Å²) in [5, 5.41) is 93.6. The maximum Gasteiger partial charge on any atom is 0.331 e. The van der Waals surface area contributed by atoms with Crippen molar-refractivity contribution in [3.63, 3.8) is 0 Å². The molecule has 6 aliphatic heterocycles. The van der Waals surface area contributed by atoms with E-state index in [0.29, 0.717) is 32.1 Å². The van der Waals surface area contributed by atoms with E-state index in [1.807, 2.05) is 50.3 Å². The van der Waals surface area contributed by atoms with Crippen molar-refractivity contribution in [2.45, 2.75) is 310 Å². The number of esters is 1. The first kappa shape index (κ1) is 73.1. The summed E-state index contributed by atoms with van der Waals surface area (Å²) in [5.41, 5.74) is -3.68. The van der Waals surface area contributed by atoms with E-state index in [-0.39, 0.29) is 50.7 Å². The molecule has 33 atom stereocenters. The lowest BCUT2D eigenvalue weighted by atomic mass is 9.43. The van der Waals surface area contributed by atoms with Gasteiger partial charge in [0, 0.05) is 76.8 Å². The van der Waals surface area contributed by atoms with Crippen molar-refractivity contribution in [1.82, 2.24) is 0 Å². The van der Waals surface area contributed by atoms with Crippen LogP contribution in [0.4, 0.5) is 0 Å². The number of carbonyl (C=O) groups is 2. The summed E-state index contributed by atoms with van der Waals surface area (Å²) in [6.07, 6.45) is -15.6. The lowest BCUT2D eigenvalue weighted by Crippen LogP contribution is -2.75. The molecule has 0 radical (unpaired) electrons. The third kappa shape index (κ3) is 14.3. The van der Waals surface area contributed by atoms with E-state index < -0.39 is 212 Å². The second kappa shape index (κ2) is 29.9. The first-order chi connectivity index (χ1) is 45.2. The molecule has 8 N–H and O–H groups in total. The zero-order chi connectivity index (χ0) is 68.2. The molecule has 0 unspecified atom stereocenters. The fourth-order valence-electron chi connectivity index (χ4n) is 17.8. The molecule has 9 fully saturated rings. The average molecular weight is 1350 g/mol. The molecule has 6 heterocycles. The summed E-state index contributed by atoms with van der Waals surface area (Å²) < 4.78 is 99.1. The molecule has 10 aliphatic rings. The first-order valence-electron chi connectivity index (χ1n) is 34.2. The standard InChI is InChI=1S/C69H104O26/c1-33(71)42-21-24-69(79)67(42,8)50(90-51(74)18-17-39-15-13-12-14-16-39)31-49-66(7)22-20-41(25-40(66)19-23-68(49,69)78)88-65-59(77)58(76)64(48(32-70)89-65)95-56-30-47(82-11)62(37(5)87-56)93-53-27-44(73)60(35(3)85-53)91-52-26-43(72)61(36(4)84-52)92-55-29-46(81-10)63(38(6)86-55)94-54-28-45(80-9)57(75)34(2)83-54/h12-19,34-38,41-50,52-65,70,72-73,75-79H,20-32H2,1-11H3/b18-17+/t34-,35-,36-,37-,38-,41+,42+,43-,44+,45+,46+,47+,48-,49-,50-,52+,53+,54+,55+,56+,57-,58-,59-,60-,61-,62-,63-,64-,65-,66+,67+,68+,69-/m1/s1. The Bertz CT molecular complexity index is 2770. The maximum absolute atomic E-state index is 13.6. The van der Waals surface area contributed by atoms with Gasteiger partial charge in [-0.3, -0.25) is 4.79 Å². The summed E-state index contributed by atoms with van der Waals surface area (Å²) in [7, 11) is 4.62. The third-order valence-corrected chi connectivity index (χ3v) is 23.2. The van der Waals surface area contributed by atoms with Crippen molar-refractivity contribution < 1.29 is 126 Å². The minimum absolute atomic E-state index is 0.00190. The number of ketones is 1. The maximum atomic E-state index is 13.6. The number of rotatable bonds is 20. The number of carbonyl (C=O) groups excluding carboxylic acids is 2. The minimum Gasteiger partial charge on any atom is -0.458 e. The predicted octanol–water partition coefficient (Wildman–Crippen LogP) is 3.17. The van der Waals surface area contributed by atoms with E-state index in [9.17, 15) is 50.4 Å². The van der Waals surface area contributed by atoms with Gasteiger partial charge in [-0.05, 0) is 104 Å². The highest BCUT2D eigenvalue weighted by Gasteiger charge is 2.77. The van der Waals surface area contributed by atoms with E-state index >= 15 is 0 Å². The molecular weight excluding hydrogens is 1240 g/mol. The lowest BCUT2D eigenvalue weighted by molar-refractivity contribution is -0.360. The number of ether oxygens (including phenoxy) is 16. The monoisotopic (exact) mass is 1350 g/mol. The highest BCUT2D eigenvalue weighted by molar-refractivity contribution is 5.87. The zero-order valence-corrected chi connectivity index (χ0v) is 56.5. The summed E-state index contributed by atoms with van der Waals surface area (Å²) in [5.74, 6) is -2.01. The number of Topliss-reactive ketones (excluding diaryl/α,β-unsaturated/α-hetero) is 1. The average Bonchev–Trinajstić information content (AvgIpc) is 1.64.